The van der Waals surface area contributed by atoms with Gasteiger partial charge in [-0.3, -0.25) is 0 Å². The van der Waals surface area contributed by atoms with Gasteiger partial charge in [0.15, 0.2) is 0 Å². The third-order valence-corrected chi connectivity index (χ3v) is 1.89. The van der Waals surface area contributed by atoms with E-state index in [0.29, 0.717) is 11.1 Å². The Hall–Kier alpha value is -1.84. The topological polar surface area (TPSA) is 25.8 Å². The van der Waals surface area contributed by atoms with E-state index >= 15 is 0 Å². The lowest BCUT2D eigenvalue weighted by molar-refractivity contribution is 0.574. The maximum Gasteiger partial charge on any atom is 0.215 e. The molecule has 2 nitrogen and oxygen atoms in total. The fourth-order valence-corrected chi connectivity index (χ4v) is 0.933. The van der Waals surface area contributed by atoms with Crippen molar-refractivity contribution in [2.24, 2.45) is 0 Å². The van der Waals surface area contributed by atoms with Gasteiger partial charge in [-0.2, -0.15) is 8.78 Å². The maximum absolute atomic E-state index is 12.2. The van der Waals surface area contributed by atoms with Crippen molar-refractivity contribution in [3.8, 4) is 0 Å². The van der Waals surface area contributed by atoms with Gasteiger partial charge in [0, 0.05) is 23.5 Å². The Labute approximate surface area is 93.0 Å². The molecule has 0 fully saturated rings. The smallest absolute Gasteiger partial charge is 0.215 e. The van der Waals surface area contributed by atoms with Crippen LogP contribution in [0.5, 0.6) is 0 Å². The van der Waals surface area contributed by atoms with Gasteiger partial charge in [0.25, 0.3) is 0 Å². The first-order valence-electron chi connectivity index (χ1n) is 4.75. The predicted octanol–water partition coefficient (Wildman–Crippen LogP) is 3.06. The lowest BCUT2D eigenvalue weighted by Crippen LogP contribution is -1.83. The number of hydrogen-bond donors (Lipinski definition) is 0. The van der Waals surface area contributed by atoms with Gasteiger partial charge in [0.1, 0.15) is 0 Å². The molecule has 2 aromatic rings. The largest absolute Gasteiger partial charge is 0.228 e. The summed E-state index contributed by atoms with van der Waals surface area (Å²) >= 11 is 0. The zero-order chi connectivity index (χ0) is 12.0. The number of nitrogens with zero attached hydrogens (tertiary/aromatic N) is 2. The van der Waals surface area contributed by atoms with Gasteiger partial charge in [-0.1, -0.05) is 12.1 Å². The van der Waals surface area contributed by atoms with E-state index in [4.69, 9.17) is 0 Å². The Balaban J connectivity index is 0.000000160. The number of rotatable bonds is 0. The minimum Gasteiger partial charge on any atom is -0.228 e. The fraction of sp³-hybridized carbons (Fsp3) is 0.167. The molecular weight excluding hydrogens is 210 g/mol. The lowest BCUT2D eigenvalue weighted by Gasteiger charge is -1.88. The molecule has 4 heteroatoms. The molecule has 0 aliphatic carbocycles. The molecule has 2 heterocycles. The van der Waals surface area contributed by atoms with Crippen LogP contribution in [-0.2, 0) is 0 Å². The number of aromatic nitrogens is 2. The second kappa shape index (κ2) is 5.90. The van der Waals surface area contributed by atoms with Crippen LogP contribution in [0, 0.1) is 25.7 Å². The van der Waals surface area contributed by atoms with E-state index in [0.717, 1.165) is 0 Å². The molecule has 84 valence electrons. The molecule has 0 bridgehead atoms. The monoisotopic (exact) mass is 222 g/mol. The highest BCUT2D eigenvalue weighted by Gasteiger charge is 1.91. The summed E-state index contributed by atoms with van der Waals surface area (Å²) in [6.07, 6.45) is 2.87. The first kappa shape index (κ1) is 12.2. The zero-order valence-corrected chi connectivity index (χ0v) is 9.11. The normalized spacial score (nSPS) is 9.25. The number of aryl methyl sites for hydroxylation is 2. The van der Waals surface area contributed by atoms with E-state index in [1.165, 1.54) is 12.4 Å². The maximum atomic E-state index is 12.2. The number of hydrogen-bond acceptors (Lipinski definition) is 2. The van der Waals surface area contributed by atoms with Crippen molar-refractivity contribution in [2.45, 2.75) is 13.8 Å². The molecule has 2 aromatic heterocycles. The van der Waals surface area contributed by atoms with Crippen molar-refractivity contribution >= 4 is 0 Å². The minimum atomic E-state index is -0.382. The number of halogens is 2. The molecule has 0 spiro atoms. The SMILES string of the molecule is Cc1cccnc1F.Cc1cccnc1F. The van der Waals surface area contributed by atoms with Crippen LogP contribution in [-0.4, -0.2) is 9.97 Å². The molecule has 0 N–H and O–H groups in total. The molecule has 0 aliphatic rings. The van der Waals surface area contributed by atoms with Gasteiger partial charge in [-0.05, 0) is 26.0 Å². The zero-order valence-electron chi connectivity index (χ0n) is 9.11. The Morgan fingerprint density at radius 3 is 1.38 bits per heavy atom. The van der Waals surface area contributed by atoms with Gasteiger partial charge in [0.2, 0.25) is 11.9 Å². The van der Waals surface area contributed by atoms with Crippen LogP contribution < -0.4 is 0 Å². The molecule has 0 aromatic carbocycles. The van der Waals surface area contributed by atoms with Gasteiger partial charge < -0.3 is 0 Å². The molecule has 0 radical (unpaired) electrons. The van der Waals surface area contributed by atoms with Gasteiger partial charge in [0.05, 0.1) is 0 Å². The van der Waals surface area contributed by atoms with Crippen LogP contribution in [0.15, 0.2) is 36.7 Å². The Morgan fingerprint density at radius 1 is 0.812 bits per heavy atom. The van der Waals surface area contributed by atoms with E-state index in [-0.39, 0.29) is 11.9 Å². The van der Waals surface area contributed by atoms with E-state index < -0.39 is 0 Å². The first-order valence-corrected chi connectivity index (χ1v) is 4.75. The quantitative estimate of drug-likeness (QED) is 0.640. The molecular formula is C12H12F2N2. The molecule has 0 amide bonds. The van der Waals surface area contributed by atoms with Crippen LogP contribution in [0.3, 0.4) is 0 Å². The van der Waals surface area contributed by atoms with E-state index in [2.05, 4.69) is 9.97 Å². The Morgan fingerprint density at radius 2 is 1.19 bits per heavy atom. The summed E-state index contributed by atoms with van der Waals surface area (Å²) in [5.41, 5.74) is 1.18. The van der Waals surface area contributed by atoms with Crippen LogP contribution >= 0.6 is 0 Å². The highest BCUT2D eigenvalue weighted by atomic mass is 19.1. The standard InChI is InChI=1S/2C6H6FN/c2*1-5-3-2-4-8-6(5)7/h2*2-4H,1H3. The molecule has 0 aliphatic heterocycles. The fourth-order valence-electron chi connectivity index (χ4n) is 0.933. The molecule has 0 saturated heterocycles. The summed E-state index contributed by atoms with van der Waals surface area (Å²) in [4.78, 5) is 6.82. The third kappa shape index (κ3) is 3.73. The average molecular weight is 222 g/mol. The number of pyridine rings is 2. The Kier molecular flexibility index (Phi) is 4.51. The summed E-state index contributed by atoms with van der Waals surface area (Å²) in [7, 11) is 0. The van der Waals surface area contributed by atoms with E-state index in [1.54, 1.807) is 38.1 Å². The van der Waals surface area contributed by atoms with Crippen molar-refractivity contribution in [1.29, 1.82) is 0 Å². The average Bonchev–Trinajstić information content (AvgIpc) is 2.28. The van der Waals surface area contributed by atoms with E-state index in [1.807, 2.05) is 0 Å². The lowest BCUT2D eigenvalue weighted by atomic mass is 10.3. The summed E-state index contributed by atoms with van der Waals surface area (Å²) in [6, 6.07) is 6.78. The van der Waals surface area contributed by atoms with Crippen molar-refractivity contribution in [3.05, 3.63) is 59.7 Å². The molecule has 2 rings (SSSR count). The second-order valence-electron chi connectivity index (χ2n) is 3.22. The molecule has 0 atom stereocenters. The molecule has 0 saturated carbocycles. The predicted molar refractivity (Wildman–Crippen MR) is 57.9 cm³/mol. The van der Waals surface area contributed by atoms with Crippen LogP contribution in [0.25, 0.3) is 0 Å². The van der Waals surface area contributed by atoms with Gasteiger partial charge in [-0.15, -0.1) is 0 Å². The van der Waals surface area contributed by atoms with Crippen LogP contribution in [0.1, 0.15) is 11.1 Å². The highest BCUT2D eigenvalue weighted by molar-refractivity contribution is 5.07. The van der Waals surface area contributed by atoms with Crippen molar-refractivity contribution in [1.82, 2.24) is 9.97 Å². The van der Waals surface area contributed by atoms with Gasteiger partial charge in [-0.25, -0.2) is 9.97 Å². The second-order valence-corrected chi connectivity index (χ2v) is 3.22. The highest BCUT2D eigenvalue weighted by Crippen LogP contribution is 1.98. The minimum absolute atomic E-state index is 0.382. The Bertz CT molecular complexity index is 373. The van der Waals surface area contributed by atoms with Crippen molar-refractivity contribution in [3.63, 3.8) is 0 Å². The molecule has 16 heavy (non-hydrogen) atoms. The van der Waals surface area contributed by atoms with Crippen LogP contribution in [0.2, 0.25) is 0 Å². The first-order chi connectivity index (χ1) is 7.61. The van der Waals surface area contributed by atoms with E-state index in [9.17, 15) is 8.78 Å². The summed E-state index contributed by atoms with van der Waals surface area (Å²) in [5.74, 6) is -0.764. The summed E-state index contributed by atoms with van der Waals surface area (Å²) in [6.45, 7) is 3.37. The summed E-state index contributed by atoms with van der Waals surface area (Å²) < 4.78 is 24.4. The van der Waals surface area contributed by atoms with Crippen molar-refractivity contribution in [2.75, 3.05) is 0 Å². The van der Waals surface area contributed by atoms with Gasteiger partial charge >= 0.3 is 0 Å². The third-order valence-electron chi connectivity index (χ3n) is 1.89. The van der Waals surface area contributed by atoms with Crippen molar-refractivity contribution < 1.29 is 8.78 Å². The van der Waals surface area contributed by atoms with Crippen LogP contribution in [0.4, 0.5) is 8.78 Å². The summed E-state index contributed by atoms with van der Waals surface area (Å²) in [5, 5.41) is 0. The molecule has 0 unspecified atom stereocenters.